The molecule has 5 nitrogen and oxygen atoms in total. The van der Waals surface area contributed by atoms with Crippen molar-refractivity contribution in [2.24, 2.45) is 0 Å². The first-order valence-corrected chi connectivity index (χ1v) is 11.3. The number of nitrogens with zero attached hydrogens (tertiary/aromatic N) is 4. The highest BCUT2D eigenvalue weighted by Gasteiger charge is 2.30. The number of piperazine rings is 1. The lowest BCUT2D eigenvalue weighted by molar-refractivity contribution is 0.0739. The van der Waals surface area contributed by atoms with Crippen LogP contribution in [-0.2, 0) is 12.8 Å². The fraction of sp³-hybridized carbons (Fsp3) is 0.360. The van der Waals surface area contributed by atoms with Gasteiger partial charge in [0.05, 0.1) is 11.4 Å². The van der Waals surface area contributed by atoms with Crippen LogP contribution in [0.25, 0.3) is 5.69 Å². The average Bonchev–Trinajstić information content (AvgIpc) is 3.00. The van der Waals surface area contributed by atoms with Crippen molar-refractivity contribution in [3.63, 3.8) is 0 Å². The molecule has 2 heterocycles. The Balaban J connectivity index is 1.40. The Kier molecular flexibility index (Phi) is 5.64. The summed E-state index contributed by atoms with van der Waals surface area (Å²) in [6, 6.07) is 13.0. The van der Waals surface area contributed by atoms with Crippen LogP contribution in [-0.4, -0.2) is 46.8 Å². The van der Waals surface area contributed by atoms with Crippen LogP contribution in [0.1, 0.15) is 41.0 Å². The fourth-order valence-corrected chi connectivity index (χ4v) is 4.75. The third kappa shape index (κ3) is 3.87. The van der Waals surface area contributed by atoms with Crippen LogP contribution in [0.2, 0.25) is 0 Å². The first-order chi connectivity index (χ1) is 15.6. The van der Waals surface area contributed by atoms with Crippen molar-refractivity contribution >= 4 is 11.6 Å². The summed E-state index contributed by atoms with van der Waals surface area (Å²) in [7, 11) is 0. The molecule has 0 saturated carbocycles. The zero-order chi connectivity index (χ0) is 22.1. The van der Waals surface area contributed by atoms with Crippen molar-refractivity contribution in [2.45, 2.75) is 32.1 Å². The van der Waals surface area contributed by atoms with Gasteiger partial charge in [0.15, 0.2) is 5.69 Å². The molecule has 0 radical (unpaired) electrons. The molecule has 1 aliphatic heterocycles. The van der Waals surface area contributed by atoms with Crippen molar-refractivity contribution in [3.8, 4) is 5.69 Å². The molecule has 1 amide bonds. The lowest BCUT2D eigenvalue weighted by Gasteiger charge is -2.36. The van der Waals surface area contributed by atoms with E-state index in [1.54, 1.807) is 24.3 Å². The molecular weight excluding hydrogens is 410 g/mol. The number of amides is 1. The highest BCUT2D eigenvalue weighted by Crippen LogP contribution is 2.28. The van der Waals surface area contributed by atoms with E-state index in [1.165, 1.54) is 18.2 Å². The number of hydrogen-bond donors (Lipinski definition) is 0. The number of carbonyl (C=O) groups is 1. The summed E-state index contributed by atoms with van der Waals surface area (Å²) in [4.78, 5) is 17.3. The van der Waals surface area contributed by atoms with E-state index in [1.807, 2.05) is 20.5 Å². The third-order valence-electron chi connectivity index (χ3n) is 6.46. The second-order valence-corrected chi connectivity index (χ2v) is 8.45. The van der Waals surface area contributed by atoms with Crippen molar-refractivity contribution < 1.29 is 13.6 Å². The molecule has 2 aliphatic rings. The monoisotopic (exact) mass is 436 g/mol. The average molecular weight is 437 g/mol. The van der Waals surface area contributed by atoms with Gasteiger partial charge >= 0.3 is 0 Å². The molecule has 2 aromatic carbocycles. The minimum Gasteiger partial charge on any atom is -0.366 e. The Morgan fingerprint density at radius 2 is 1.56 bits per heavy atom. The summed E-state index contributed by atoms with van der Waals surface area (Å²) >= 11 is 0. The number of benzene rings is 2. The van der Waals surface area contributed by atoms with Gasteiger partial charge in [-0.3, -0.25) is 4.79 Å². The van der Waals surface area contributed by atoms with Crippen LogP contribution in [0.5, 0.6) is 0 Å². The smallest absolute Gasteiger partial charge is 0.274 e. The topological polar surface area (TPSA) is 41.4 Å². The molecule has 1 aliphatic carbocycles. The second-order valence-electron chi connectivity index (χ2n) is 8.45. The molecule has 1 saturated heterocycles. The van der Waals surface area contributed by atoms with Gasteiger partial charge in [-0.25, -0.2) is 13.5 Å². The predicted molar refractivity (Wildman–Crippen MR) is 119 cm³/mol. The summed E-state index contributed by atoms with van der Waals surface area (Å²) in [6.07, 6.45) is 4.88. The maximum absolute atomic E-state index is 14.2. The minimum absolute atomic E-state index is 0.0720. The SMILES string of the molecule is O=C(c1nn(-c2ccc(F)cc2)c2c1CCCCC2)N1CCN(c2ccccc2F)CC1. The lowest BCUT2D eigenvalue weighted by Crippen LogP contribution is -2.49. The molecule has 0 spiro atoms. The van der Waals surface area contributed by atoms with Gasteiger partial charge in [0.2, 0.25) is 0 Å². The molecule has 0 bridgehead atoms. The van der Waals surface area contributed by atoms with Gasteiger partial charge in [0, 0.05) is 37.4 Å². The fourth-order valence-electron chi connectivity index (χ4n) is 4.75. The quantitative estimate of drug-likeness (QED) is 0.572. The van der Waals surface area contributed by atoms with E-state index in [2.05, 4.69) is 0 Å². The summed E-state index contributed by atoms with van der Waals surface area (Å²) in [5, 5.41) is 4.73. The van der Waals surface area contributed by atoms with E-state index in [-0.39, 0.29) is 17.5 Å². The van der Waals surface area contributed by atoms with Gasteiger partial charge < -0.3 is 9.80 Å². The predicted octanol–water partition coefficient (Wildman–Crippen LogP) is 4.38. The number of anilines is 1. The Labute approximate surface area is 186 Å². The summed E-state index contributed by atoms with van der Waals surface area (Å²) < 4.78 is 29.4. The van der Waals surface area contributed by atoms with E-state index in [0.717, 1.165) is 49.0 Å². The Morgan fingerprint density at radius 1 is 0.844 bits per heavy atom. The molecule has 0 N–H and O–H groups in total. The summed E-state index contributed by atoms with van der Waals surface area (Å²) in [5.41, 5.74) is 3.93. The van der Waals surface area contributed by atoms with Crippen LogP contribution < -0.4 is 4.90 Å². The standard InChI is InChI=1S/C25H26F2N4O/c26-18-10-12-19(13-11-18)31-22-8-3-1-2-6-20(22)24(28-31)25(32)30-16-14-29(15-17-30)23-9-5-4-7-21(23)27/h4-5,7,9-13H,1-3,6,8,14-17H2. The first kappa shape index (κ1) is 20.7. The number of fused-ring (bicyclic) bond motifs is 1. The molecule has 32 heavy (non-hydrogen) atoms. The number of hydrogen-bond acceptors (Lipinski definition) is 3. The zero-order valence-corrected chi connectivity index (χ0v) is 17.9. The van der Waals surface area contributed by atoms with E-state index in [4.69, 9.17) is 5.10 Å². The maximum Gasteiger partial charge on any atom is 0.274 e. The molecule has 0 atom stereocenters. The van der Waals surface area contributed by atoms with Gasteiger partial charge in [0.25, 0.3) is 5.91 Å². The molecule has 1 aromatic heterocycles. The van der Waals surface area contributed by atoms with Crippen LogP contribution in [0, 0.1) is 11.6 Å². The zero-order valence-electron chi connectivity index (χ0n) is 17.9. The number of rotatable bonds is 3. The second kappa shape index (κ2) is 8.73. The van der Waals surface area contributed by atoms with E-state index >= 15 is 0 Å². The largest absolute Gasteiger partial charge is 0.366 e. The van der Waals surface area contributed by atoms with Crippen molar-refractivity contribution in [2.75, 3.05) is 31.1 Å². The number of carbonyl (C=O) groups excluding carboxylic acids is 1. The van der Waals surface area contributed by atoms with Crippen molar-refractivity contribution in [1.82, 2.24) is 14.7 Å². The molecule has 7 heteroatoms. The normalized spacial score (nSPS) is 16.6. The molecule has 3 aromatic rings. The van der Waals surface area contributed by atoms with E-state index in [0.29, 0.717) is 37.6 Å². The molecular formula is C25H26F2N4O. The Bertz CT molecular complexity index is 1120. The van der Waals surface area contributed by atoms with Gasteiger partial charge in [0.1, 0.15) is 11.6 Å². The summed E-state index contributed by atoms with van der Waals surface area (Å²) in [6.45, 7) is 2.19. The van der Waals surface area contributed by atoms with Crippen LogP contribution >= 0.6 is 0 Å². The number of aromatic nitrogens is 2. The molecule has 1 fully saturated rings. The van der Waals surface area contributed by atoms with Crippen LogP contribution in [0.3, 0.4) is 0 Å². The highest BCUT2D eigenvalue weighted by atomic mass is 19.1. The summed E-state index contributed by atoms with van der Waals surface area (Å²) in [5.74, 6) is -0.608. The highest BCUT2D eigenvalue weighted by molar-refractivity contribution is 5.94. The van der Waals surface area contributed by atoms with E-state index in [9.17, 15) is 13.6 Å². The molecule has 0 unspecified atom stereocenters. The minimum atomic E-state index is -0.295. The van der Waals surface area contributed by atoms with Crippen LogP contribution in [0.4, 0.5) is 14.5 Å². The van der Waals surface area contributed by atoms with Crippen molar-refractivity contribution in [1.29, 1.82) is 0 Å². The van der Waals surface area contributed by atoms with Crippen molar-refractivity contribution in [3.05, 3.63) is 77.1 Å². The molecule has 5 rings (SSSR count). The van der Waals surface area contributed by atoms with Gasteiger partial charge in [-0.2, -0.15) is 5.10 Å². The maximum atomic E-state index is 14.2. The van der Waals surface area contributed by atoms with Gasteiger partial charge in [-0.05, 0) is 62.1 Å². The number of para-hydroxylation sites is 1. The lowest BCUT2D eigenvalue weighted by atomic mass is 10.1. The van der Waals surface area contributed by atoms with Gasteiger partial charge in [-0.15, -0.1) is 0 Å². The Morgan fingerprint density at radius 3 is 2.31 bits per heavy atom. The third-order valence-corrected chi connectivity index (χ3v) is 6.46. The molecule has 166 valence electrons. The van der Waals surface area contributed by atoms with Gasteiger partial charge in [-0.1, -0.05) is 18.6 Å². The van der Waals surface area contributed by atoms with E-state index < -0.39 is 0 Å². The number of halogens is 2. The Hall–Kier alpha value is -3.22. The first-order valence-electron chi connectivity index (χ1n) is 11.3. The van der Waals surface area contributed by atoms with Crippen LogP contribution in [0.15, 0.2) is 48.5 Å².